The Bertz CT molecular complexity index is 1490. The van der Waals surface area contributed by atoms with Gasteiger partial charge in [-0.3, -0.25) is 6.79 Å². The first-order chi connectivity index (χ1) is 22.5. The third kappa shape index (κ3) is 10.6. The molecule has 3 nitrogen and oxygen atoms in total. The second kappa shape index (κ2) is 19.7. The summed E-state index contributed by atoms with van der Waals surface area (Å²) in [6.07, 6.45) is 0. The molecule has 0 amide bonds. The van der Waals surface area contributed by atoms with Gasteiger partial charge in [0.05, 0.1) is 15.8 Å². The van der Waals surface area contributed by atoms with Gasteiger partial charge in [-0.1, -0.05) is 72.8 Å². The second-order valence-electron chi connectivity index (χ2n) is 11.1. The fourth-order valence-corrected chi connectivity index (χ4v) is 10.4. The summed E-state index contributed by atoms with van der Waals surface area (Å²) in [7, 11) is 6.44. The van der Waals surface area contributed by atoms with Crippen LogP contribution in [-0.2, 0) is 24.9 Å². The predicted molar refractivity (Wildman–Crippen MR) is 208 cm³/mol. The van der Waals surface area contributed by atoms with Crippen LogP contribution in [0.25, 0.3) is 0 Å². The largest absolute Gasteiger partial charge is 0.545 e. The zero-order valence-corrected chi connectivity index (χ0v) is 31.8. The molecule has 0 saturated carbocycles. The van der Waals surface area contributed by atoms with E-state index in [4.69, 9.17) is 4.79 Å². The Morgan fingerprint density at radius 2 is 0.532 bits per heavy atom. The molecule has 0 N–H and O–H groups in total. The summed E-state index contributed by atoms with van der Waals surface area (Å²) in [4.78, 5) is 12.0. The average molecular weight is 834 g/mol. The summed E-state index contributed by atoms with van der Waals surface area (Å²) >= 11 is 0. The van der Waals surface area contributed by atoms with E-state index < -0.39 is 15.8 Å². The van der Waals surface area contributed by atoms with Crippen LogP contribution in [-0.4, -0.2) is 35.0 Å². The van der Waals surface area contributed by atoms with Crippen LogP contribution in [0.1, 0.15) is 0 Å². The van der Waals surface area contributed by atoms with Crippen LogP contribution in [0.2, 0.25) is 0 Å². The number of benzene rings is 6. The Morgan fingerprint density at radius 3 is 0.723 bits per heavy atom. The second-order valence-corrected chi connectivity index (χ2v) is 16.1. The summed E-state index contributed by atoms with van der Waals surface area (Å²) < 4.78 is 0. The van der Waals surface area contributed by atoms with Gasteiger partial charge in [0.25, 0.3) is 0 Å². The third-order valence-electron chi connectivity index (χ3n) is 7.59. The molecule has 47 heavy (non-hydrogen) atoms. The van der Waals surface area contributed by atoms with E-state index in [1.165, 1.54) is 43.2 Å². The summed E-state index contributed by atoms with van der Waals surface area (Å²) in [5.74, 6) is 0. The van der Waals surface area contributed by atoms with Crippen molar-refractivity contribution in [1.82, 2.24) is 0 Å². The van der Waals surface area contributed by atoms with Crippen molar-refractivity contribution in [2.24, 2.45) is 0 Å². The van der Waals surface area contributed by atoms with E-state index in [-0.39, 0.29) is 20.1 Å². The molecule has 0 aliphatic rings. The third-order valence-corrected chi connectivity index (χ3v) is 13.1. The van der Waals surface area contributed by atoms with Gasteiger partial charge in [0.2, 0.25) is 0 Å². The molecule has 0 aliphatic carbocycles. The molecule has 0 bridgehead atoms. The van der Waals surface area contributed by atoms with Crippen LogP contribution in [0.5, 0.6) is 0 Å². The molecule has 241 valence electrons. The fourth-order valence-electron chi connectivity index (χ4n) is 5.27. The van der Waals surface area contributed by atoms with E-state index in [2.05, 4.69) is 215 Å². The number of anilines is 2. The van der Waals surface area contributed by atoms with E-state index in [1.807, 2.05) is 0 Å². The number of carbonyl (C=O) groups excluding carboxylic acids is 1. The summed E-state index contributed by atoms with van der Waals surface area (Å²) in [6.45, 7) is 3.25. The van der Waals surface area contributed by atoms with Crippen LogP contribution in [0, 0.1) is 0 Å². The Kier molecular flexibility index (Phi) is 15.7. The first-order valence-corrected chi connectivity index (χ1v) is 18.3. The average Bonchev–Trinajstić information content (AvgIpc) is 3.12. The first kappa shape index (κ1) is 37.6. The van der Waals surface area contributed by atoms with Crippen molar-refractivity contribution in [2.75, 3.05) is 38.0 Å². The monoisotopic (exact) mass is 834 g/mol. The summed E-state index contributed by atoms with van der Waals surface area (Å²) in [6, 6.07) is 61.4. The molecule has 0 unspecified atom stereocenters. The maximum absolute atomic E-state index is 7.75. The number of hydrogen-bond acceptors (Lipinski definition) is 3. The van der Waals surface area contributed by atoms with Crippen LogP contribution >= 0.6 is 15.8 Å². The topological polar surface area (TPSA) is 23.6 Å². The number of hydrogen-bond donors (Lipinski definition) is 0. The number of nitrogens with zero attached hydrogens (tertiary/aromatic N) is 2. The quantitative estimate of drug-likeness (QED) is 0.104. The van der Waals surface area contributed by atoms with Gasteiger partial charge in [0, 0.05) is 59.7 Å². The minimum absolute atomic E-state index is 0. The molecule has 6 aromatic rings. The van der Waals surface area contributed by atoms with Crippen molar-refractivity contribution >= 4 is 65.8 Å². The minimum atomic E-state index is -0.938. The Hall–Kier alpha value is -3.90. The van der Waals surface area contributed by atoms with Crippen molar-refractivity contribution in [1.29, 1.82) is 0 Å². The molecule has 0 fully saturated rings. The van der Waals surface area contributed by atoms with Gasteiger partial charge in [-0.2, -0.15) is 0 Å². The maximum atomic E-state index is 7.75. The van der Waals surface area contributed by atoms with Gasteiger partial charge in [-0.15, -0.1) is 0 Å². The van der Waals surface area contributed by atoms with Crippen molar-refractivity contribution in [2.45, 2.75) is 0 Å². The van der Waals surface area contributed by atoms with E-state index in [0.29, 0.717) is 0 Å². The van der Waals surface area contributed by atoms with Gasteiger partial charge < -0.3 is 14.6 Å². The van der Waals surface area contributed by atoms with Crippen LogP contribution < -0.4 is 41.6 Å². The van der Waals surface area contributed by atoms with Gasteiger partial charge in [0.15, 0.2) is 0 Å². The Balaban J connectivity index is 0.000000238. The molecule has 0 aliphatic heterocycles. The van der Waals surface area contributed by atoms with Crippen molar-refractivity contribution < 1.29 is 24.9 Å². The SMILES string of the molecule is CN(C)c1ccc([PH+](c2ccccc2)c2ccccc2)cc1.CN(C)c1ccc([PH+](c2ccccc2)c2ccccc2)cc1.[CH-]=O.[Ir]. The minimum Gasteiger partial charge on any atom is -0.545 e. The van der Waals surface area contributed by atoms with Crippen molar-refractivity contribution in [3.63, 3.8) is 0 Å². The van der Waals surface area contributed by atoms with Crippen LogP contribution in [0.4, 0.5) is 11.4 Å². The molecule has 0 heterocycles. The summed E-state index contributed by atoms with van der Waals surface area (Å²) in [5.41, 5.74) is 2.48. The molecule has 1 radical (unpaired) electrons. The molecule has 0 aromatic heterocycles. The van der Waals surface area contributed by atoms with Crippen LogP contribution in [0.15, 0.2) is 170 Å². The zero-order chi connectivity index (χ0) is 32.7. The maximum Gasteiger partial charge on any atom is 0.102 e. The van der Waals surface area contributed by atoms with Gasteiger partial charge in [-0.25, -0.2) is 0 Å². The van der Waals surface area contributed by atoms with E-state index in [9.17, 15) is 0 Å². The van der Waals surface area contributed by atoms with Crippen molar-refractivity contribution in [3.05, 3.63) is 170 Å². The number of rotatable bonds is 8. The molecular weight excluding hydrogens is 791 g/mol. The Labute approximate surface area is 297 Å². The standard InChI is InChI=1S/2C20H20NP.CHO.Ir/c2*1-21(2)17-13-15-20(16-14-17)22(18-9-5-3-6-10-18)19-11-7-4-8-12-19;1-2;/h2*3-16H,1-2H3;1H;/q;;-1;/p+2. The normalized spacial score (nSPS) is 10.1. The van der Waals surface area contributed by atoms with E-state index in [0.717, 1.165) is 0 Å². The molecule has 0 spiro atoms. The molecule has 0 atom stereocenters. The molecular formula is C41H43IrN2OP2+. The molecule has 6 aromatic carbocycles. The molecule has 6 heteroatoms. The summed E-state index contributed by atoms with van der Waals surface area (Å²) in [5, 5.41) is 8.56. The molecule has 6 rings (SSSR count). The fraction of sp³-hybridized carbons (Fsp3) is 0.0976. The van der Waals surface area contributed by atoms with Crippen molar-refractivity contribution in [3.8, 4) is 0 Å². The Morgan fingerprint density at radius 1 is 0.340 bits per heavy atom. The zero-order valence-electron chi connectivity index (χ0n) is 27.4. The van der Waals surface area contributed by atoms with Gasteiger partial charge in [-0.05, 0) is 97.1 Å². The van der Waals surface area contributed by atoms with E-state index in [1.54, 1.807) is 0 Å². The van der Waals surface area contributed by atoms with Gasteiger partial charge >= 0.3 is 0 Å². The molecule has 0 saturated heterocycles. The smallest absolute Gasteiger partial charge is 0.102 e. The van der Waals surface area contributed by atoms with Gasteiger partial charge in [0.1, 0.15) is 31.8 Å². The predicted octanol–water partition coefficient (Wildman–Crippen LogP) is 6.21. The first-order valence-electron chi connectivity index (χ1n) is 15.3. The van der Waals surface area contributed by atoms with E-state index >= 15 is 0 Å². The van der Waals surface area contributed by atoms with Crippen LogP contribution in [0.3, 0.4) is 0 Å².